The van der Waals surface area contributed by atoms with E-state index in [1.54, 1.807) is 19.2 Å². The van der Waals surface area contributed by atoms with E-state index in [9.17, 15) is 8.42 Å². The van der Waals surface area contributed by atoms with Crippen LogP contribution in [0.5, 0.6) is 0 Å². The minimum atomic E-state index is -3.78. The van der Waals surface area contributed by atoms with Crippen LogP contribution >= 0.6 is 0 Å². The molecule has 1 rings (SSSR count). The second kappa shape index (κ2) is 6.23. The normalized spacial score (nSPS) is 11.8. The van der Waals surface area contributed by atoms with E-state index in [4.69, 9.17) is 15.6 Å². The maximum absolute atomic E-state index is 11.3. The van der Waals surface area contributed by atoms with Gasteiger partial charge in [0.05, 0.1) is 12.3 Å². The summed E-state index contributed by atoms with van der Waals surface area (Å²) in [5, 5.41) is 5.08. The predicted molar refractivity (Wildman–Crippen MR) is 76.6 cm³/mol. The third-order valence-electron chi connectivity index (χ3n) is 2.79. The molecule has 4 N–H and O–H groups in total. The lowest BCUT2D eigenvalue weighted by Gasteiger charge is -2.29. The number of nitrogen functional groups attached to an aromatic ring is 1. The van der Waals surface area contributed by atoms with Crippen LogP contribution in [0.25, 0.3) is 0 Å². The van der Waals surface area contributed by atoms with E-state index in [0.29, 0.717) is 13.2 Å². The molecule has 6 nitrogen and oxygen atoms in total. The number of ether oxygens (including phenoxy) is 1. The molecule has 0 atom stereocenters. The zero-order chi connectivity index (χ0) is 14.6. The van der Waals surface area contributed by atoms with Crippen molar-refractivity contribution in [2.45, 2.75) is 24.8 Å². The van der Waals surface area contributed by atoms with Gasteiger partial charge in [-0.25, -0.2) is 13.6 Å². The van der Waals surface area contributed by atoms with E-state index in [0.717, 1.165) is 5.69 Å². The Bertz CT molecular complexity index is 529. The monoisotopic (exact) mass is 287 g/mol. The largest absolute Gasteiger partial charge is 0.398 e. The Balaban J connectivity index is 3.10. The van der Waals surface area contributed by atoms with E-state index < -0.39 is 10.0 Å². The van der Waals surface area contributed by atoms with E-state index >= 15 is 0 Å². The number of nitrogens with zero attached hydrogens (tertiary/aromatic N) is 1. The van der Waals surface area contributed by atoms with Crippen molar-refractivity contribution in [3.8, 4) is 0 Å². The lowest BCUT2D eigenvalue weighted by atomic mass is 10.2. The molecule has 19 heavy (non-hydrogen) atoms. The van der Waals surface area contributed by atoms with Crippen molar-refractivity contribution >= 4 is 21.4 Å². The molecule has 0 saturated heterocycles. The van der Waals surface area contributed by atoms with Gasteiger partial charge in [0.15, 0.2) is 0 Å². The van der Waals surface area contributed by atoms with Crippen LogP contribution in [0.4, 0.5) is 11.4 Å². The van der Waals surface area contributed by atoms with Crippen molar-refractivity contribution in [3.05, 3.63) is 18.2 Å². The van der Waals surface area contributed by atoms with Crippen LogP contribution in [-0.4, -0.2) is 34.7 Å². The molecule has 0 radical (unpaired) electrons. The smallest absolute Gasteiger partial charge is 0.240 e. The lowest BCUT2D eigenvalue weighted by Crippen LogP contribution is -2.33. The first-order valence-electron chi connectivity index (χ1n) is 5.95. The van der Waals surface area contributed by atoms with Crippen molar-refractivity contribution in [2.75, 3.05) is 30.9 Å². The first-order valence-corrected chi connectivity index (χ1v) is 7.50. The van der Waals surface area contributed by atoms with E-state index in [1.165, 1.54) is 6.07 Å². The van der Waals surface area contributed by atoms with Crippen molar-refractivity contribution < 1.29 is 13.2 Å². The molecule has 7 heteroatoms. The van der Waals surface area contributed by atoms with Crippen LogP contribution in [0.1, 0.15) is 13.8 Å². The standard InChI is InChI=1S/C12H21N3O3S/c1-9(2)15(6-7-18-3)10-4-5-12(11(13)8-10)19(14,16)17/h4-5,8-9H,6-7,13H2,1-3H3,(H2,14,16,17). The minimum Gasteiger partial charge on any atom is -0.398 e. The van der Waals surface area contributed by atoms with Crippen LogP contribution in [0, 0.1) is 0 Å². The average Bonchev–Trinajstić information content (AvgIpc) is 2.27. The van der Waals surface area contributed by atoms with Gasteiger partial charge in [0.2, 0.25) is 10.0 Å². The number of methoxy groups -OCH3 is 1. The third kappa shape index (κ3) is 4.09. The summed E-state index contributed by atoms with van der Waals surface area (Å²) in [7, 11) is -2.15. The zero-order valence-electron chi connectivity index (χ0n) is 11.5. The van der Waals surface area contributed by atoms with Crippen LogP contribution in [0.2, 0.25) is 0 Å². The van der Waals surface area contributed by atoms with Gasteiger partial charge in [-0.05, 0) is 32.0 Å². The van der Waals surface area contributed by atoms with Crippen LogP contribution < -0.4 is 15.8 Å². The summed E-state index contributed by atoms with van der Waals surface area (Å²) in [4.78, 5) is 2.03. The summed E-state index contributed by atoms with van der Waals surface area (Å²) >= 11 is 0. The van der Waals surface area contributed by atoms with Gasteiger partial charge in [-0.3, -0.25) is 0 Å². The van der Waals surface area contributed by atoms with E-state index in [1.807, 2.05) is 13.8 Å². The number of sulfonamides is 1. The Morgan fingerprint density at radius 1 is 1.37 bits per heavy atom. The second-order valence-electron chi connectivity index (χ2n) is 4.55. The van der Waals surface area contributed by atoms with Crippen LogP contribution in [0.15, 0.2) is 23.1 Å². The lowest BCUT2D eigenvalue weighted by molar-refractivity contribution is 0.204. The highest BCUT2D eigenvalue weighted by Gasteiger charge is 2.16. The summed E-state index contributed by atoms with van der Waals surface area (Å²) in [6, 6.07) is 5.00. The summed E-state index contributed by atoms with van der Waals surface area (Å²) < 4.78 is 27.7. The van der Waals surface area contributed by atoms with Crippen molar-refractivity contribution in [1.29, 1.82) is 0 Å². The molecule has 0 aliphatic rings. The Morgan fingerprint density at radius 3 is 2.42 bits per heavy atom. The molecule has 1 aromatic carbocycles. The van der Waals surface area contributed by atoms with Crippen molar-refractivity contribution in [1.82, 2.24) is 0 Å². The Kier molecular flexibility index (Phi) is 5.16. The fourth-order valence-corrected chi connectivity index (χ4v) is 2.49. The second-order valence-corrected chi connectivity index (χ2v) is 6.08. The summed E-state index contributed by atoms with van der Waals surface area (Å²) in [5.74, 6) is 0. The van der Waals surface area contributed by atoms with Gasteiger partial charge in [-0.1, -0.05) is 0 Å². The highest BCUT2D eigenvalue weighted by atomic mass is 32.2. The molecule has 0 unspecified atom stereocenters. The number of hydrogen-bond acceptors (Lipinski definition) is 5. The third-order valence-corrected chi connectivity index (χ3v) is 3.78. The molecule has 0 spiro atoms. The minimum absolute atomic E-state index is 0.0494. The molecule has 0 bridgehead atoms. The zero-order valence-corrected chi connectivity index (χ0v) is 12.3. The number of rotatable bonds is 6. The number of nitrogens with two attached hydrogens (primary N) is 2. The van der Waals surface area contributed by atoms with E-state index in [-0.39, 0.29) is 16.6 Å². The maximum atomic E-state index is 11.3. The fraction of sp³-hybridized carbons (Fsp3) is 0.500. The highest BCUT2D eigenvalue weighted by Crippen LogP contribution is 2.25. The van der Waals surface area contributed by atoms with Crippen LogP contribution in [-0.2, 0) is 14.8 Å². The summed E-state index contributed by atoms with van der Waals surface area (Å²) in [6.07, 6.45) is 0. The van der Waals surface area contributed by atoms with Gasteiger partial charge in [0, 0.05) is 25.4 Å². The molecule has 0 saturated carbocycles. The molecular formula is C12H21N3O3S. The fourth-order valence-electron chi connectivity index (χ4n) is 1.85. The molecule has 0 aliphatic carbocycles. The Morgan fingerprint density at radius 2 is 2.00 bits per heavy atom. The maximum Gasteiger partial charge on any atom is 0.240 e. The molecule has 1 aromatic rings. The quantitative estimate of drug-likeness (QED) is 0.753. The van der Waals surface area contributed by atoms with Gasteiger partial charge < -0.3 is 15.4 Å². The average molecular weight is 287 g/mol. The number of primary sulfonamides is 1. The molecule has 0 aliphatic heterocycles. The molecular weight excluding hydrogens is 266 g/mol. The van der Waals surface area contributed by atoms with Gasteiger partial charge in [-0.2, -0.15) is 0 Å². The van der Waals surface area contributed by atoms with Crippen molar-refractivity contribution in [3.63, 3.8) is 0 Å². The topological polar surface area (TPSA) is 98.6 Å². The van der Waals surface area contributed by atoms with Gasteiger partial charge in [-0.15, -0.1) is 0 Å². The van der Waals surface area contributed by atoms with Gasteiger partial charge in [0.1, 0.15) is 4.90 Å². The number of benzene rings is 1. The molecule has 108 valence electrons. The molecule has 0 aromatic heterocycles. The van der Waals surface area contributed by atoms with E-state index in [2.05, 4.69) is 4.90 Å². The number of hydrogen-bond donors (Lipinski definition) is 2. The molecule has 0 fully saturated rings. The molecule has 0 heterocycles. The SMILES string of the molecule is COCCN(c1ccc(S(N)(=O)=O)c(N)c1)C(C)C. The van der Waals surface area contributed by atoms with Crippen molar-refractivity contribution in [2.24, 2.45) is 5.14 Å². The first kappa shape index (κ1) is 15.7. The van der Waals surface area contributed by atoms with Gasteiger partial charge in [0.25, 0.3) is 0 Å². The summed E-state index contributed by atoms with van der Waals surface area (Å²) in [5.41, 5.74) is 6.76. The first-order chi connectivity index (χ1) is 8.77. The Hall–Kier alpha value is -1.31. The number of anilines is 2. The predicted octanol–water partition coefficient (Wildman–Crippen LogP) is 0.777. The van der Waals surface area contributed by atoms with Gasteiger partial charge >= 0.3 is 0 Å². The highest BCUT2D eigenvalue weighted by molar-refractivity contribution is 7.89. The molecule has 0 amide bonds. The summed E-state index contributed by atoms with van der Waals surface area (Å²) in [6.45, 7) is 5.36. The Labute approximate surface area is 114 Å². The van der Waals surface area contributed by atoms with Crippen LogP contribution in [0.3, 0.4) is 0 Å².